The molecule has 0 spiro atoms. The molecule has 1 heterocycles. The molecule has 4 heteroatoms. The van der Waals surface area contributed by atoms with Gasteiger partial charge in [0.2, 0.25) is 0 Å². The Bertz CT molecular complexity index is 528. The number of nitrogens with one attached hydrogen (secondary N) is 2. The fourth-order valence-electron chi connectivity index (χ4n) is 1.74. The summed E-state index contributed by atoms with van der Waals surface area (Å²) in [6.07, 6.45) is 0. The number of aromatic nitrogens is 1. The van der Waals surface area contributed by atoms with Gasteiger partial charge in [0.05, 0.1) is 0 Å². The van der Waals surface area contributed by atoms with Gasteiger partial charge < -0.3 is 10.6 Å². The van der Waals surface area contributed by atoms with E-state index < -0.39 is 0 Å². The summed E-state index contributed by atoms with van der Waals surface area (Å²) in [5.41, 5.74) is 1.14. The van der Waals surface area contributed by atoms with Gasteiger partial charge in [-0.25, -0.2) is 4.98 Å². The summed E-state index contributed by atoms with van der Waals surface area (Å²) in [4.78, 5) is 4.42. The highest BCUT2D eigenvalue weighted by Crippen LogP contribution is 2.21. The lowest BCUT2D eigenvalue weighted by atomic mass is 10.1. The molecule has 0 aliphatic rings. The predicted octanol–water partition coefficient (Wildman–Crippen LogP) is 3.95. The van der Waals surface area contributed by atoms with Crippen molar-refractivity contribution in [1.29, 1.82) is 0 Å². The monoisotopic (exact) mass is 261 g/mol. The van der Waals surface area contributed by atoms with Gasteiger partial charge >= 0.3 is 0 Å². The van der Waals surface area contributed by atoms with Crippen LogP contribution in [0.5, 0.6) is 0 Å². The first-order valence-electron chi connectivity index (χ1n) is 5.86. The Morgan fingerprint density at radius 2 is 1.83 bits per heavy atom. The Hall–Kier alpha value is -1.74. The van der Waals surface area contributed by atoms with Crippen LogP contribution < -0.4 is 10.6 Å². The molecular weight excluding hydrogens is 246 g/mol. The van der Waals surface area contributed by atoms with Crippen molar-refractivity contribution < 1.29 is 0 Å². The topological polar surface area (TPSA) is 37.0 Å². The van der Waals surface area contributed by atoms with Crippen molar-refractivity contribution in [3.05, 3.63) is 53.1 Å². The molecule has 2 N–H and O–H groups in total. The number of halogens is 1. The van der Waals surface area contributed by atoms with Crippen LogP contribution in [0.2, 0.25) is 5.02 Å². The van der Waals surface area contributed by atoms with E-state index in [2.05, 4.69) is 22.5 Å². The first kappa shape index (κ1) is 12.7. The summed E-state index contributed by atoms with van der Waals surface area (Å²) < 4.78 is 0. The fraction of sp³-hybridized carbons (Fsp3) is 0.214. The lowest BCUT2D eigenvalue weighted by Gasteiger charge is -2.15. The minimum absolute atomic E-state index is 0.156. The average molecular weight is 262 g/mol. The number of rotatable bonds is 4. The lowest BCUT2D eigenvalue weighted by Crippen LogP contribution is -2.08. The van der Waals surface area contributed by atoms with Gasteiger partial charge in [0.15, 0.2) is 0 Å². The third kappa shape index (κ3) is 3.14. The van der Waals surface area contributed by atoms with E-state index in [1.807, 2.05) is 49.5 Å². The zero-order valence-corrected chi connectivity index (χ0v) is 11.2. The quantitative estimate of drug-likeness (QED) is 0.875. The molecule has 0 fully saturated rings. The van der Waals surface area contributed by atoms with E-state index in [9.17, 15) is 0 Å². The van der Waals surface area contributed by atoms with E-state index in [4.69, 9.17) is 11.6 Å². The third-order valence-corrected chi connectivity index (χ3v) is 2.95. The van der Waals surface area contributed by atoms with Crippen LogP contribution in [0.4, 0.5) is 11.6 Å². The van der Waals surface area contributed by atoms with Gasteiger partial charge in [-0.2, -0.15) is 0 Å². The van der Waals surface area contributed by atoms with Crippen molar-refractivity contribution in [3.63, 3.8) is 0 Å². The maximum absolute atomic E-state index is 5.99. The predicted molar refractivity (Wildman–Crippen MR) is 77.3 cm³/mol. The van der Waals surface area contributed by atoms with Crippen LogP contribution in [0.1, 0.15) is 18.5 Å². The van der Waals surface area contributed by atoms with Gasteiger partial charge in [0.1, 0.15) is 11.6 Å². The Kier molecular flexibility index (Phi) is 4.05. The van der Waals surface area contributed by atoms with Gasteiger partial charge in [-0.3, -0.25) is 0 Å². The summed E-state index contributed by atoms with van der Waals surface area (Å²) in [6, 6.07) is 13.8. The van der Waals surface area contributed by atoms with Gasteiger partial charge in [0, 0.05) is 18.1 Å². The molecule has 0 aliphatic heterocycles. The smallest absolute Gasteiger partial charge is 0.128 e. The van der Waals surface area contributed by atoms with Crippen molar-refractivity contribution in [2.75, 3.05) is 17.7 Å². The molecule has 1 atom stereocenters. The van der Waals surface area contributed by atoms with E-state index in [0.29, 0.717) is 0 Å². The number of benzene rings is 1. The third-order valence-electron chi connectivity index (χ3n) is 2.72. The number of hydrogen-bond acceptors (Lipinski definition) is 3. The fourth-order valence-corrected chi connectivity index (χ4v) is 1.93. The van der Waals surface area contributed by atoms with E-state index in [0.717, 1.165) is 22.2 Å². The molecule has 0 saturated carbocycles. The zero-order chi connectivity index (χ0) is 13.0. The molecule has 1 unspecified atom stereocenters. The van der Waals surface area contributed by atoms with Crippen molar-refractivity contribution in [3.8, 4) is 0 Å². The number of hydrogen-bond donors (Lipinski definition) is 2. The highest BCUT2D eigenvalue weighted by molar-refractivity contribution is 6.30. The van der Waals surface area contributed by atoms with Crippen LogP contribution in [-0.2, 0) is 0 Å². The van der Waals surface area contributed by atoms with Crippen LogP contribution in [0, 0.1) is 0 Å². The summed E-state index contributed by atoms with van der Waals surface area (Å²) in [5.74, 6) is 1.69. The van der Waals surface area contributed by atoms with Gasteiger partial charge in [0.25, 0.3) is 0 Å². The summed E-state index contributed by atoms with van der Waals surface area (Å²) >= 11 is 5.99. The Labute approximate surface area is 112 Å². The second-order valence-corrected chi connectivity index (χ2v) is 4.52. The van der Waals surface area contributed by atoms with Gasteiger partial charge in [-0.05, 0) is 36.8 Å². The van der Waals surface area contributed by atoms with Crippen LogP contribution in [-0.4, -0.2) is 12.0 Å². The maximum Gasteiger partial charge on any atom is 0.128 e. The molecule has 3 nitrogen and oxygen atoms in total. The molecule has 0 radical (unpaired) electrons. The highest BCUT2D eigenvalue weighted by Gasteiger charge is 2.06. The SMILES string of the molecule is CNc1cccc(NC(C)c2cccc(Cl)c2)n1. The highest BCUT2D eigenvalue weighted by atomic mass is 35.5. The number of pyridine rings is 1. The molecule has 1 aromatic carbocycles. The van der Waals surface area contributed by atoms with E-state index >= 15 is 0 Å². The Balaban J connectivity index is 2.13. The average Bonchev–Trinajstić information content (AvgIpc) is 2.39. The molecule has 0 bridgehead atoms. The zero-order valence-electron chi connectivity index (χ0n) is 10.4. The normalized spacial score (nSPS) is 11.9. The maximum atomic E-state index is 5.99. The summed E-state index contributed by atoms with van der Waals surface area (Å²) in [7, 11) is 1.85. The molecule has 2 rings (SSSR count). The molecule has 1 aromatic heterocycles. The minimum Gasteiger partial charge on any atom is -0.373 e. The molecule has 0 amide bonds. The molecule has 0 saturated heterocycles. The molecule has 2 aromatic rings. The first-order valence-corrected chi connectivity index (χ1v) is 6.23. The lowest BCUT2D eigenvalue weighted by molar-refractivity contribution is 0.875. The Morgan fingerprint density at radius 1 is 1.11 bits per heavy atom. The van der Waals surface area contributed by atoms with Crippen LogP contribution >= 0.6 is 11.6 Å². The summed E-state index contributed by atoms with van der Waals surface area (Å²) in [6.45, 7) is 2.08. The summed E-state index contributed by atoms with van der Waals surface area (Å²) in [5, 5.41) is 7.12. The number of anilines is 2. The molecular formula is C14H16ClN3. The number of nitrogens with zero attached hydrogens (tertiary/aromatic N) is 1. The first-order chi connectivity index (χ1) is 8.69. The van der Waals surface area contributed by atoms with E-state index in [1.165, 1.54) is 0 Å². The van der Waals surface area contributed by atoms with Crippen molar-refractivity contribution >= 4 is 23.2 Å². The molecule has 0 aliphatic carbocycles. The second kappa shape index (κ2) is 5.74. The van der Waals surface area contributed by atoms with Crippen molar-refractivity contribution in [2.45, 2.75) is 13.0 Å². The largest absolute Gasteiger partial charge is 0.373 e. The van der Waals surface area contributed by atoms with Crippen molar-refractivity contribution in [1.82, 2.24) is 4.98 Å². The molecule has 94 valence electrons. The minimum atomic E-state index is 0.156. The van der Waals surface area contributed by atoms with E-state index in [-0.39, 0.29) is 6.04 Å². The van der Waals surface area contributed by atoms with Crippen LogP contribution in [0.15, 0.2) is 42.5 Å². The van der Waals surface area contributed by atoms with Gasteiger partial charge in [-0.1, -0.05) is 29.8 Å². The molecule has 18 heavy (non-hydrogen) atoms. The van der Waals surface area contributed by atoms with Crippen LogP contribution in [0.3, 0.4) is 0 Å². The second-order valence-electron chi connectivity index (χ2n) is 4.08. The van der Waals surface area contributed by atoms with Crippen LogP contribution in [0.25, 0.3) is 0 Å². The van der Waals surface area contributed by atoms with Gasteiger partial charge in [-0.15, -0.1) is 0 Å². The Morgan fingerprint density at radius 3 is 2.56 bits per heavy atom. The van der Waals surface area contributed by atoms with E-state index in [1.54, 1.807) is 0 Å². The standard InChI is InChI=1S/C14H16ClN3/c1-10(11-5-3-6-12(15)9-11)17-14-8-4-7-13(16-2)18-14/h3-10H,1-2H3,(H2,16,17,18). The van der Waals surface area contributed by atoms with Crippen molar-refractivity contribution in [2.24, 2.45) is 0 Å².